The molecule has 0 unspecified atom stereocenters. The average molecular weight is 239 g/mol. The van der Waals surface area contributed by atoms with Crippen molar-refractivity contribution < 1.29 is 4.39 Å². The van der Waals surface area contributed by atoms with Gasteiger partial charge in [-0.25, -0.2) is 4.39 Å². The number of benzene rings is 1. The van der Waals surface area contributed by atoms with Gasteiger partial charge in [0.2, 0.25) is 0 Å². The van der Waals surface area contributed by atoms with E-state index in [-0.39, 0.29) is 5.82 Å². The van der Waals surface area contributed by atoms with E-state index in [1.807, 2.05) is 6.08 Å². The molecule has 0 fully saturated rings. The maximum absolute atomic E-state index is 12.8. The first-order valence-corrected chi connectivity index (χ1v) is 6.51. The van der Waals surface area contributed by atoms with Gasteiger partial charge in [-0.3, -0.25) is 0 Å². The molecule has 3 heteroatoms. The van der Waals surface area contributed by atoms with Gasteiger partial charge in [0.05, 0.1) is 0 Å². The van der Waals surface area contributed by atoms with Gasteiger partial charge in [-0.2, -0.15) is 0 Å². The normalized spacial score (nSPS) is 10.3. The fourth-order valence-electron chi connectivity index (χ4n) is 1.40. The fraction of sp³-hybridized carbons (Fsp3) is 0.385. The van der Waals surface area contributed by atoms with E-state index in [0.29, 0.717) is 5.69 Å². The van der Waals surface area contributed by atoms with Gasteiger partial charge in [-0.15, -0.1) is 18.3 Å². The molecule has 0 heterocycles. The highest BCUT2D eigenvalue weighted by molar-refractivity contribution is 7.99. The molecule has 16 heavy (non-hydrogen) atoms. The summed E-state index contributed by atoms with van der Waals surface area (Å²) in [6.45, 7) is 3.69. The Kier molecular flexibility index (Phi) is 6.01. The zero-order valence-electron chi connectivity index (χ0n) is 9.42. The van der Waals surface area contributed by atoms with E-state index in [2.05, 4.69) is 6.58 Å². The minimum Gasteiger partial charge on any atom is -0.398 e. The lowest BCUT2D eigenvalue weighted by Crippen LogP contribution is -1.90. The smallest absolute Gasteiger partial charge is 0.125 e. The maximum Gasteiger partial charge on any atom is 0.125 e. The standard InChI is InChI=1S/C13H18FNS/c1-2-3-4-5-6-9-16-13-8-7-11(14)10-12(13)15/h2,7-8,10H,1,3-6,9,15H2. The van der Waals surface area contributed by atoms with Crippen LogP contribution in [-0.4, -0.2) is 5.75 Å². The fourth-order valence-corrected chi connectivity index (χ4v) is 2.36. The third-order valence-electron chi connectivity index (χ3n) is 2.28. The van der Waals surface area contributed by atoms with E-state index in [0.717, 1.165) is 23.5 Å². The Bertz CT molecular complexity index is 339. The number of anilines is 1. The summed E-state index contributed by atoms with van der Waals surface area (Å²) < 4.78 is 12.8. The van der Waals surface area contributed by atoms with E-state index in [9.17, 15) is 4.39 Å². The first-order chi connectivity index (χ1) is 7.74. The molecule has 1 aromatic carbocycles. The van der Waals surface area contributed by atoms with Crippen LogP contribution < -0.4 is 5.73 Å². The third-order valence-corrected chi connectivity index (χ3v) is 3.46. The molecular weight excluding hydrogens is 221 g/mol. The molecule has 0 saturated carbocycles. The second-order valence-corrected chi connectivity index (χ2v) is 4.81. The highest BCUT2D eigenvalue weighted by Crippen LogP contribution is 2.26. The van der Waals surface area contributed by atoms with Crippen LogP contribution in [0.2, 0.25) is 0 Å². The highest BCUT2D eigenvalue weighted by Gasteiger charge is 2.01. The van der Waals surface area contributed by atoms with Gasteiger partial charge < -0.3 is 5.73 Å². The number of thioether (sulfide) groups is 1. The van der Waals surface area contributed by atoms with E-state index < -0.39 is 0 Å². The molecule has 0 spiro atoms. The monoisotopic (exact) mass is 239 g/mol. The number of hydrogen-bond donors (Lipinski definition) is 1. The Hall–Kier alpha value is -0.960. The van der Waals surface area contributed by atoms with E-state index >= 15 is 0 Å². The van der Waals surface area contributed by atoms with Crippen molar-refractivity contribution in [3.63, 3.8) is 0 Å². The molecule has 1 rings (SSSR count). The number of hydrogen-bond acceptors (Lipinski definition) is 2. The van der Waals surface area contributed by atoms with Gasteiger partial charge in [-0.1, -0.05) is 12.5 Å². The number of rotatable bonds is 7. The van der Waals surface area contributed by atoms with Gasteiger partial charge in [0.15, 0.2) is 0 Å². The predicted octanol–water partition coefficient (Wildman–Crippen LogP) is 4.25. The molecule has 1 aromatic rings. The molecule has 1 nitrogen and oxygen atoms in total. The van der Waals surface area contributed by atoms with Gasteiger partial charge in [0.25, 0.3) is 0 Å². The molecule has 88 valence electrons. The molecule has 0 amide bonds. The van der Waals surface area contributed by atoms with Crippen molar-refractivity contribution in [1.82, 2.24) is 0 Å². The Balaban J connectivity index is 2.24. The Morgan fingerprint density at radius 1 is 1.31 bits per heavy atom. The molecule has 0 aliphatic carbocycles. The molecule has 0 aromatic heterocycles. The second-order valence-electron chi connectivity index (χ2n) is 3.67. The quantitative estimate of drug-likeness (QED) is 0.333. The summed E-state index contributed by atoms with van der Waals surface area (Å²) in [6, 6.07) is 4.58. The summed E-state index contributed by atoms with van der Waals surface area (Å²) in [5.41, 5.74) is 6.25. The first kappa shape index (κ1) is 13.1. The van der Waals surface area contributed by atoms with Gasteiger partial charge in [-0.05, 0) is 43.2 Å². The van der Waals surface area contributed by atoms with E-state index in [1.54, 1.807) is 17.8 Å². The number of allylic oxidation sites excluding steroid dienone is 1. The molecule has 0 aliphatic heterocycles. The number of halogens is 1. The maximum atomic E-state index is 12.8. The van der Waals surface area contributed by atoms with Crippen LogP contribution in [-0.2, 0) is 0 Å². The summed E-state index contributed by atoms with van der Waals surface area (Å²) in [5, 5.41) is 0. The summed E-state index contributed by atoms with van der Waals surface area (Å²) in [5.74, 6) is 0.764. The molecule has 0 atom stereocenters. The van der Waals surface area contributed by atoms with Gasteiger partial charge in [0, 0.05) is 10.6 Å². The van der Waals surface area contributed by atoms with Crippen molar-refractivity contribution >= 4 is 17.4 Å². The molecule has 0 radical (unpaired) electrons. The molecular formula is C13H18FNS. The van der Waals surface area contributed by atoms with Crippen molar-refractivity contribution in [2.24, 2.45) is 0 Å². The highest BCUT2D eigenvalue weighted by atomic mass is 32.2. The van der Waals surface area contributed by atoms with E-state index in [4.69, 9.17) is 5.73 Å². The van der Waals surface area contributed by atoms with E-state index in [1.165, 1.54) is 25.0 Å². The van der Waals surface area contributed by atoms with Crippen LogP contribution in [0.4, 0.5) is 10.1 Å². The van der Waals surface area contributed by atoms with Crippen molar-refractivity contribution in [1.29, 1.82) is 0 Å². The van der Waals surface area contributed by atoms with Gasteiger partial charge in [0.1, 0.15) is 5.82 Å². The van der Waals surface area contributed by atoms with Crippen LogP contribution >= 0.6 is 11.8 Å². The first-order valence-electron chi connectivity index (χ1n) is 5.52. The Morgan fingerprint density at radius 2 is 2.12 bits per heavy atom. The molecule has 2 N–H and O–H groups in total. The van der Waals surface area contributed by atoms with Crippen LogP contribution in [0.1, 0.15) is 25.7 Å². The van der Waals surface area contributed by atoms with Crippen molar-refractivity contribution in [3.05, 3.63) is 36.7 Å². The van der Waals surface area contributed by atoms with Crippen LogP contribution in [0.25, 0.3) is 0 Å². The van der Waals surface area contributed by atoms with Gasteiger partial charge >= 0.3 is 0 Å². The lowest BCUT2D eigenvalue weighted by Gasteiger charge is -2.05. The minimum absolute atomic E-state index is 0.271. The lowest BCUT2D eigenvalue weighted by molar-refractivity contribution is 0.627. The van der Waals surface area contributed by atoms with Crippen LogP contribution in [0.3, 0.4) is 0 Å². The third kappa shape index (κ3) is 4.71. The summed E-state index contributed by atoms with van der Waals surface area (Å²) in [7, 11) is 0. The van der Waals surface area contributed by atoms with Crippen LogP contribution in [0, 0.1) is 5.82 Å². The summed E-state index contributed by atoms with van der Waals surface area (Å²) in [6.07, 6.45) is 6.60. The number of nitrogen functional groups attached to an aromatic ring is 1. The zero-order chi connectivity index (χ0) is 11.8. The van der Waals surface area contributed by atoms with Crippen molar-refractivity contribution in [2.75, 3.05) is 11.5 Å². The minimum atomic E-state index is -0.271. The summed E-state index contributed by atoms with van der Waals surface area (Å²) >= 11 is 1.70. The average Bonchev–Trinajstić information content (AvgIpc) is 2.26. The Labute approximate surface area is 101 Å². The lowest BCUT2D eigenvalue weighted by atomic mass is 10.2. The Morgan fingerprint density at radius 3 is 2.81 bits per heavy atom. The predicted molar refractivity (Wildman–Crippen MR) is 70.2 cm³/mol. The van der Waals surface area contributed by atoms with Crippen LogP contribution in [0.15, 0.2) is 35.7 Å². The largest absolute Gasteiger partial charge is 0.398 e. The van der Waals surface area contributed by atoms with Crippen LogP contribution in [0.5, 0.6) is 0 Å². The summed E-state index contributed by atoms with van der Waals surface area (Å²) in [4.78, 5) is 0.977. The molecule has 0 saturated heterocycles. The molecule has 0 aliphatic rings. The molecule has 0 bridgehead atoms. The SMILES string of the molecule is C=CCCCCCSc1ccc(F)cc1N. The number of nitrogens with two attached hydrogens (primary N) is 1. The van der Waals surface area contributed by atoms with Crippen molar-refractivity contribution in [3.8, 4) is 0 Å². The number of unbranched alkanes of at least 4 members (excludes halogenated alkanes) is 3. The topological polar surface area (TPSA) is 26.0 Å². The zero-order valence-corrected chi connectivity index (χ0v) is 10.2. The van der Waals surface area contributed by atoms with Crippen molar-refractivity contribution in [2.45, 2.75) is 30.6 Å². The second kappa shape index (κ2) is 7.34.